The van der Waals surface area contributed by atoms with E-state index in [4.69, 9.17) is 15.9 Å². The molecule has 0 radical (unpaired) electrons. The summed E-state index contributed by atoms with van der Waals surface area (Å²) < 4.78 is 5.78. The Morgan fingerprint density at radius 3 is 2.41 bits per heavy atom. The molecule has 1 unspecified atom stereocenters. The standard InChI is InChI=1S/C28H28N2O2/c29-26(30)12-5-4-11-23-27-24-16-21(13-14-22(24)17-25(27)32-28(23)31)20-10-6-9-19(15-20)18-7-2-1-3-8-18/h1-3,6-10,13-16,23,25,27H,4-5,11-12,17H2,(H3,29,30)/t23?,25-,27-/m0/s1. The summed E-state index contributed by atoms with van der Waals surface area (Å²) in [5.41, 5.74) is 12.8. The highest BCUT2D eigenvalue weighted by Crippen LogP contribution is 2.48. The van der Waals surface area contributed by atoms with Crippen molar-refractivity contribution in [1.82, 2.24) is 0 Å². The maximum absolute atomic E-state index is 12.6. The van der Waals surface area contributed by atoms with Gasteiger partial charge in [-0.1, -0.05) is 73.2 Å². The fourth-order valence-corrected chi connectivity index (χ4v) is 5.27. The van der Waals surface area contributed by atoms with Crippen molar-refractivity contribution in [2.75, 3.05) is 0 Å². The topological polar surface area (TPSA) is 76.2 Å². The third-order valence-corrected chi connectivity index (χ3v) is 6.84. The number of rotatable bonds is 7. The number of carbonyl (C=O) groups is 1. The van der Waals surface area contributed by atoms with Gasteiger partial charge in [0, 0.05) is 18.8 Å². The quantitative estimate of drug-likeness (QED) is 0.221. The minimum Gasteiger partial charge on any atom is -0.461 e. The van der Waals surface area contributed by atoms with Crippen LogP contribution >= 0.6 is 0 Å². The smallest absolute Gasteiger partial charge is 0.310 e. The molecule has 4 heteroatoms. The Bertz CT molecular complexity index is 1160. The van der Waals surface area contributed by atoms with Crippen molar-refractivity contribution in [2.45, 2.75) is 44.1 Å². The molecule has 3 aromatic rings. The molecule has 1 fully saturated rings. The van der Waals surface area contributed by atoms with E-state index < -0.39 is 0 Å². The lowest BCUT2D eigenvalue weighted by Gasteiger charge is -2.16. The summed E-state index contributed by atoms with van der Waals surface area (Å²) in [6.07, 6.45) is 3.88. The van der Waals surface area contributed by atoms with Gasteiger partial charge in [0.05, 0.1) is 11.8 Å². The van der Waals surface area contributed by atoms with Gasteiger partial charge in [0.2, 0.25) is 0 Å². The van der Waals surface area contributed by atoms with Crippen LogP contribution in [0.1, 0.15) is 42.7 Å². The van der Waals surface area contributed by atoms with E-state index in [-0.39, 0.29) is 29.7 Å². The summed E-state index contributed by atoms with van der Waals surface area (Å²) in [4.78, 5) is 12.6. The van der Waals surface area contributed by atoms with Gasteiger partial charge in [-0.2, -0.15) is 0 Å². The molecule has 1 aliphatic heterocycles. The lowest BCUT2D eigenvalue weighted by molar-refractivity contribution is -0.144. The number of unbranched alkanes of at least 4 members (excludes halogenated alkanes) is 1. The number of nitrogens with two attached hydrogens (primary N) is 1. The van der Waals surface area contributed by atoms with Crippen molar-refractivity contribution in [3.63, 3.8) is 0 Å². The Hall–Kier alpha value is -3.40. The molecule has 32 heavy (non-hydrogen) atoms. The highest BCUT2D eigenvalue weighted by Gasteiger charge is 2.49. The molecule has 0 aromatic heterocycles. The lowest BCUT2D eigenvalue weighted by atomic mass is 9.83. The molecule has 0 saturated carbocycles. The van der Waals surface area contributed by atoms with E-state index in [0.717, 1.165) is 25.7 Å². The third kappa shape index (κ3) is 3.93. The summed E-state index contributed by atoms with van der Waals surface area (Å²) >= 11 is 0. The number of hydrogen-bond donors (Lipinski definition) is 2. The second-order valence-electron chi connectivity index (χ2n) is 8.94. The van der Waals surface area contributed by atoms with Gasteiger partial charge in [-0.15, -0.1) is 0 Å². The average molecular weight is 425 g/mol. The molecule has 0 spiro atoms. The van der Waals surface area contributed by atoms with Crippen molar-refractivity contribution in [1.29, 1.82) is 5.41 Å². The third-order valence-electron chi connectivity index (χ3n) is 6.84. The molecule has 1 saturated heterocycles. The zero-order valence-electron chi connectivity index (χ0n) is 18.1. The van der Waals surface area contributed by atoms with Crippen LogP contribution in [0.5, 0.6) is 0 Å². The predicted molar refractivity (Wildman–Crippen MR) is 128 cm³/mol. The summed E-state index contributed by atoms with van der Waals surface area (Å²) in [6, 6.07) is 25.7. The van der Waals surface area contributed by atoms with Crippen LogP contribution < -0.4 is 5.73 Å². The molecular formula is C28H28N2O2. The molecule has 3 N–H and O–H groups in total. The molecule has 4 nitrogen and oxygen atoms in total. The minimum absolute atomic E-state index is 0.0405. The van der Waals surface area contributed by atoms with E-state index in [1.54, 1.807) is 0 Å². The van der Waals surface area contributed by atoms with Crippen LogP contribution in [0.25, 0.3) is 22.3 Å². The Morgan fingerprint density at radius 1 is 0.906 bits per heavy atom. The molecule has 162 valence electrons. The zero-order chi connectivity index (χ0) is 22.1. The van der Waals surface area contributed by atoms with Gasteiger partial charge < -0.3 is 10.5 Å². The van der Waals surface area contributed by atoms with Crippen molar-refractivity contribution in [3.05, 3.63) is 83.9 Å². The maximum atomic E-state index is 12.6. The van der Waals surface area contributed by atoms with Crippen LogP contribution in [0.2, 0.25) is 0 Å². The first-order valence-electron chi connectivity index (χ1n) is 11.4. The highest BCUT2D eigenvalue weighted by atomic mass is 16.6. The fourth-order valence-electron chi connectivity index (χ4n) is 5.27. The summed E-state index contributed by atoms with van der Waals surface area (Å²) in [5.74, 6) is 0.182. The second-order valence-corrected chi connectivity index (χ2v) is 8.94. The molecular weight excluding hydrogens is 396 g/mol. The van der Waals surface area contributed by atoms with E-state index in [0.29, 0.717) is 6.42 Å². The number of esters is 1. The lowest BCUT2D eigenvalue weighted by Crippen LogP contribution is -2.16. The van der Waals surface area contributed by atoms with Gasteiger partial charge in [-0.3, -0.25) is 10.2 Å². The van der Waals surface area contributed by atoms with Gasteiger partial charge >= 0.3 is 5.97 Å². The monoisotopic (exact) mass is 424 g/mol. The van der Waals surface area contributed by atoms with Crippen LogP contribution in [-0.4, -0.2) is 17.9 Å². The fraction of sp³-hybridized carbons (Fsp3) is 0.286. The molecule has 1 aliphatic carbocycles. The highest BCUT2D eigenvalue weighted by molar-refractivity contribution is 5.79. The second kappa shape index (κ2) is 8.62. The SMILES string of the molecule is N=C(N)CCCCC1C(=O)O[C@H]2Cc3ccc(-c4cccc(-c5ccccc5)c4)cc3[C@H]12. The molecule has 3 aromatic carbocycles. The number of hydrogen-bond acceptors (Lipinski definition) is 3. The molecule has 1 heterocycles. The van der Waals surface area contributed by atoms with E-state index in [2.05, 4.69) is 66.7 Å². The van der Waals surface area contributed by atoms with Gasteiger partial charge in [0.25, 0.3) is 0 Å². The van der Waals surface area contributed by atoms with Gasteiger partial charge in [-0.25, -0.2) is 0 Å². The van der Waals surface area contributed by atoms with Crippen molar-refractivity contribution in [2.24, 2.45) is 11.7 Å². The van der Waals surface area contributed by atoms with Crippen molar-refractivity contribution >= 4 is 11.8 Å². The number of amidine groups is 1. The molecule has 0 bridgehead atoms. The van der Waals surface area contributed by atoms with Crippen LogP contribution in [0, 0.1) is 11.3 Å². The summed E-state index contributed by atoms with van der Waals surface area (Å²) in [5, 5.41) is 7.40. The largest absolute Gasteiger partial charge is 0.461 e. The first-order chi connectivity index (χ1) is 15.6. The normalized spacial score (nSPS) is 21.1. The molecule has 0 amide bonds. The number of ether oxygens (including phenoxy) is 1. The first-order valence-corrected chi connectivity index (χ1v) is 11.4. The van der Waals surface area contributed by atoms with Gasteiger partial charge in [-0.05, 0) is 52.3 Å². The summed E-state index contributed by atoms with van der Waals surface area (Å²) in [6.45, 7) is 0. The first kappa shape index (κ1) is 20.5. The Labute approximate surface area is 188 Å². The number of nitrogens with one attached hydrogen (secondary N) is 1. The Balaban J connectivity index is 1.41. The van der Waals surface area contributed by atoms with Gasteiger partial charge in [0.15, 0.2) is 0 Å². The summed E-state index contributed by atoms with van der Waals surface area (Å²) in [7, 11) is 0. The van der Waals surface area contributed by atoms with Crippen LogP contribution in [0.3, 0.4) is 0 Å². The predicted octanol–water partition coefficient (Wildman–Crippen LogP) is 5.70. The van der Waals surface area contributed by atoms with Crippen LogP contribution in [0.15, 0.2) is 72.8 Å². The van der Waals surface area contributed by atoms with Crippen molar-refractivity contribution < 1.29 is 9.53 Å². The number of carbonyl (C=O) groups excluding carboxylic acids is 1. The zero-order valence-corrected chi connectivity index (χ0v) is 18.1. The molecule has 5 rings (SSSR count). The Kier molecular flexibility index (Phi) is 5.52. The number of fused-ring (bicyclic) bond motifs is 3. The van der Waals surface area contributed by atoms with Crippen LogP contribution in [0.4, 0.5) is 0 Å². The number of benzene rings is 3. The van der Waals surface area contributed by atoms with Gasteiger partial charge in [0.1, 0.15) is 6.10 Å². The molecule has 2 aliphatic rings. The van der Waals surface area contributed by atoms with E-state index >= 15 is 0 Å². The minimum atomic E-state index is -0.0980. The van der Waals surface area contributed by atoms with Crippen LogP contribution in [-0.2, 0) is 16.0 Å². The Morgan fingerprint density at radius 2 is 1.62 bits per heavy atom. The average Bonchev–Trinajstić information content (AvgIpc) is 3.31. The van der Waals surface area contributed by atoms with E-state index in [1.807, 2.05) is 6.07 Å². The van der Waals surface area contributed by atoms with E-state index in [1.165, 1.54) is 33.4 Å². The van der Waals surface area contributed by atoms with Crippen molar-refractivity contribution in [3.8, 4) is 22.3 Å². The maximum Gasteiger partial charge on any atom is 0.310 e. The molecule has 3 atom stereocenters. The van der Waals surface area contributed by atoms with E-state index in [9.17, 15) is 4.79 Å².